The van der Waals surface area contributed by atoms with Crippen LogP contribution in [0.25, 0.3) is 17.2 Å². The number of likely N-dealkylation sites (tertiary alicyclic amines) is 1. The third kappa shape index (κ3) is 4.51. The van der Waals surface area contributed by atoms with Crippen molar-refractivity contribution >= 4 is 11.7 Å². The Morgan fingerprint density at radius 1 is 1.06 bits per heavy atom. The number of aromatic nitrogens is 4. The van der Waals surface area contributed by atoms with Crippen LogP contribution in [0.3, 0.4) is 0 Å². The van der Waals surface area contributed by atoms with E-state index in [0.29, 0.717) is 30.1 Å². The number of hydrogen-bond donors (Lipinski definition) is 1. The molecule has 0 radical (unpaired) electrons. The van der Waals surface area contributed by atoms with Gasteiger partial charge in [0.2, 0.25) is 0 Å². The van der Waals surface area contributed by atoms with Gasteiger partial charge in [-0.05, 0) is 31.1 Å². The van der Waals surface area contributed by atoms with Crippen LogP contribution >= 0.6 is 0 Å². The summed E-state index contributed by atoms with van der Waals surface area (Å²) in [6.45, 7) is 6.11. The number of fused-ring (bicyclic) bond motifs is 1. The lowest BCUT2D eigenvalue weighted by Gasteiger charge is -2.44. The average molecular weight is 464 g/mol. The van der Waals surface area contributed by atoms with Crippen molar-refractivity contribution in [3.8, 4) is 11.4 Å². The van der Waals surface area contributed by atoms with Crippen molar-refractivity contribution in [1.82, 2.24) is 24.5 Å². The first-order valence-electron chi connectivity index (χ1n) is 12.3. The first-order valence-corrected chi connectivity index (χ1v) is 12.3. The highest BCUT2D eigenvalue weighted by atomic mass is 16.5. The molecule has 2 aromatic heterocycles. The van der Waals surface area contributed by atoms with Crippen LogP contribution < -0.4 is 5.56 Å². The number of piperidine rings is 1. The van der Waals surface area contributed by atoms with Crippen molar-refractivity contribution in [3.63, 3.8) is 0 Å². The Hall–Kier alpha value is -3.00. The first kappa shape index (κ1) is 22.8. The Morgan fingerprint density at radius 3 is 2.56 bits per heavy atom. The molecule has 3 heterocycles. The molecule has 0 unspecified atom stereocenters. The maximum absolute atomic E-state index is 13.7. The Morgan fingerprint density at radius 2 is 1.82 bits per heavy atom. The smallest absolute Gasteiger partial charge is 0.274 e. The van der Waals surface area contributed by atoms with Gasteiger partial charge in [0.05, 0.1) is 12.3 Å². The third-order valence-electron chi connectivity index (χ3n) is 7.17. The summed E-state index contributed by atoms with van der Waals surface area (Å²) in [5, 5.41) is 3.02. The molecule has 0 bridgehead atoms. The molecule has 180 valence electrons. The van der Waals surface area contributed by atoms with E-state index < -0.39 is 5.60 Å². The summed E-state index contributed by atoms with van der Waals surface area (Å²) in [5.41, 5.74) is 0.412. The molecule has 1 aliphatic carbocycles. The molecule has 1 amide bonds. The van der Waals surface area contributed by atoms with Gasteiger partial charge in [-0.2, -0.15) is 9.50 Å². The van der Waals surface area contributed by atoms with Crippen molar-refractivity contribution in [2.75, 3.05) is 13.1 Å². The Balaban J connectivity index is 1.38. The molecule has 3 aromatic rings. The van der Waals surface area contributed by atoms with Crippen LogP contribution in [0, 0.1) is 5.41 Å². The number of aromatic amines is 1. The molecule has 2 fully saturated rings. The summed E-state index contributed by atoms with van der Waals surface area (Å²) in [5.74, 6) is 0.977. The Bertz CT molecular complexity index is 1220. The zero-order valence-electron chi connectivity index (χ0n) is 20.0. The fourth-order valence-corrected chi connectivity index (χ4v) is 5.37. The number of ether oxygens (including phenoxy) is 1. The maximum Gasteiger partial charge on any atom is 0.274 e. The van der Waals surface area contributed by atoms with Crippen LogP contribution in [0.4, 0.5) is 0 Å². The number of carbonyl (C=O) groups is 1. The zero-order chi connectivity index (χ0) is 23.8. The molecule has 8 nitrogen and oxygen atoms in total. The molecular weight excluding hydrogens is 430 g/mol. The molecule has 2 aliphatic rings. The van der Waals surface area contributed by atoms with E-state index in [-0.39, 0.29) is 23.5 Å². The highest BCUT2D eigenvalue weighted by Gasteiger charge is 2.45. The van der Waals surface area contributed by atoms with E-state index in [0.717, 1.165) is 50.8 Å². The van der Waals surface area contributed by atoms with Gasteiger partial charge in [0, 0.05) is 24.7 Å². The van der Waals surface area contributed by atoms with E-state index in [4.69, 9.17) is 4.74 Å². The van der Waals surface area contributed by atoms with Gasteiger partial charge in [-0.3, -0.25) is 14.7 Å². The van der Waals surface area contributed by atoms with E-state index >= 15 is 0 Å². The number of rotatable bonds is 5. The molecule has 8 heteroatoms. The number of hydrogen-bond acceptors (Lipinski definition) is 5. The minimum Gasteiger partial charge on any atom is -0.359 e. The van der Waals surface area contributed by atoms with Crippen LogP contribution in [-0.4, -0.2) is 49.1 Å². The van der Waals surface area contributed by atoms with Crippen molar-refractivity contribution in [2.45, 2.75) is 71.0 Å². The van der Waals surface area contributed by atoms with Crippen LogP contribution in [0.2, 0.25) is 0 Å². The van der Waals surface area contributed by atoms with E-state index in [1.165, 1.54) is 10.6 Å². The van der Waals surface area contributed by atoms with Crippen LogP contribution in [-0.2, 0) is 16.1 Å². The van der Waals surface area contributed by atoms with E-state index in [9.17, 15) is 9.59 Å². The Kier molecular flexibility index (Phi) is 6.02. The van der Waals surface area contributed by atoms with Crippen LogP contribution in [0.5, 0.6) is 0 Å². The van der Waals surface area contributed by atoms with Gasteiger partial charge in [-0.1, -0.05) is 63.4 Å². The first-order chi connectivity index (χ1) is 16.4. The second kappa shape index (κ2) is 8.98. The number of nitrogens with one attached hydrogen (secondary N) is 1. The number of benzene rings is 1. The minimum absolute atomic E-state index is 0.101. The van der Waals surface area contributed by atoms with Gasteiger partial charge in [0.1, 0.15) is 5.60 Å². The number of amides is 1. The topological polar surface area (TPSA) is 92.6 Å². The molecule has 34 heavy (non-hydrogen) atoms. The molecule has 1 N–H and O–H groups in total. The molecule has 5 rings (SSSR count). The number of carbonyl (C=O) groups excluding carboxylic acids is 1. The molecule has 1 saturated heterocycles. The number of H-pyrrole nitrogens is 1. The Labute approximate surface area is 199 Å². The molecule has 1 saturated carbocycles. The summed E-state index contributed by atoms with van der Waals surface area (Å²) in [6, 6.07) is 11.1. The van der Waals surface area contributed by atoms with Gasteiger partial charge in [0.15, 0.2) is 5.82 Å². The second-order valence-corrected chi connectivity index (χ2v) is 10.5. The minimum atomic E-state index is -0.834. The highest BCUT2D eigenvalue weighted by molar-refractivity contribution is 5.85. The summed E-state index contributed by atoms with van der Waals surface area (Å²) >= 11 is 0. The average Bonchev–Trinajstić information content (AvgIpc) is 3.28. The van der Waals surface area contributed by atoms with Gasteiger partial charge in [-0.15, -0.1) is 0 Å². The predicted octanol–water partition coefficient (Wildman–Crippen LogP) is 3.95. The standard InChI is InChI=1S/C26H33N5O3/c1-25(2)12-9-15-30(18-25)23(33)26(13-7-4-8-14-26)34-17-20-16-21(32)31-24(27-20)28-22(29-31)19-10-5-3-6-11-19/h3,5-6,10-11,16H,4,7-9,12-15,17-18H2,1-2H3,(H,27,28,29). The monoisotopic (exact) mass is 463 g/mol. The summed E-state index contributed by atoms with van der Waals surface area (Å²) in [7, 11) is 0. The lowest BCUT2D eigenvalue weighted by Crippen LogP contribution is -2.55. The van der Waals surface area contributed by atoms with Crippen molar-refractivity contribution in [1.29, 1.82) is 0 Å². The fourth-order valence-electron chi connectivity index (χ4n) is 5.37. The SMILES string of the molecule is CC1(C)CCCN(C(=O)C2(OCc3cc(=O)n4[nH]c(-c5ccccc5)nc4n3)CCCCC2)C1. The quantitative estimate of drug-likeness (QED) is 0.618. The zero-order valence-corrected chi connectivity index (χ0v) is 20.0. The second-order valence-electron chi connectivity index (χ2n) is 10.5. The van der Waals surface area contributed by atoms with Crippen molar-refractivity contribution < 1.29 is 9.53 Å². The van der Waals surface area contributed by atoms with E-state index in [1.54, 1.807) is 0 Å². The van der Waals surface area contributed by atoms with Crippen LogP contribution in [0.1, 0.15) is 64.5 Å². The van der Waals surface area contributed by atoms with Gasteiger partial charge in [0.25, 0.3) is 17.2 Å². The lowest BCUT2D eigenvalue weighted by molar-refractivity contribution is -0.169. The lowest BCUT2D eigenvalue weighted by atomic mass is 9.80. The van der Waals surface area contributed by atoms with E-state index in [2.05, 4.69) is 28.9 Å². The van der Waals surface area contributed by atoms with Gasteiger partial charge >= 0.3 is 0 Å². The summed E-state index contributed by atoms with van der Waals surface area (Å²) in [4.78, 5) is 37.5. The van der Waals surface area contributed by atoms with Crippen molar-refractivity contribution in [2.24, 2.45) is 5.41 Å². The highest BCUT2D eigenvalue weighted by Crippen LogP contribution is 2.37. The fraction of sp³-hybridized carbons (Fsp3) is 0.538. The number of nitrogens with zero attached hydrogens (tertiary/aromatic N) is 4. The predicted molar refractivity (Wildman–Crippen MR) is 129 cm³/mol. The summed E-state index contributed by atoms with van der Waals surface area (Å²) in [6.07, 6.45) is 6.63. The molecule has 1 aliphatic heterocycles. The molecule has 1 aromatic carbocycles. The molecule has 0 spiro atoms. The van der Waals surface area contributed by atoms with Gasteiger partial charge in [-0.25, -0.2) is 4.98 Å². The summed E-state index contributed by atoms with van der Waals surface area (Å²) < 4.78 is 7.73. The normalized spacial score (nSPS) is 19.9. The molecule has 0 atom stereocenters. The van der Waals surface area contributed by atoms with Crippen molar-refractivity contribution in [3.05, 3.63) is 52.4 Å². The third-order valence-corrected chi connectivity index (χ3v) is 7.17. The van der Waals surface area contributed by atoms with Gasteiger partial charge < -0.3 is 9.64 Å². The molecular formula is C26H33N5O3. The largest absolute Gasteiger partial charge is 0.359 e. The maximum atomic E-state index is 13.7. The van der Waals surface area contributed by atoms with E-state index in [1.807, 2.05) is 35.2 Å². The van der Waals surface area contributed by atoms with Crippen LogP contribution in [0.15, 0.2) is 41.2 Å².